The Morgan fingerprint density at radius 1 is 1.39 bits per heavy atom. The molecule has 4 heteroatoms. The SMILES string of the molecule is CCOC(=O)c1c(C)cc(=O)n(CC(C)C)c1C. The lowest BCUT2D eigenvalue weighted by molar-refractivity contribution is 0.0523. The van der Waals surface area contributed by atoms with Crippen LogP contribution in [0.4, 0.5) is 0 Å². The highest BCUT2D eigenvalue weighted by Gasteiger charge is 2.17. The summed E-state index contributed by atoms with van der Waals surface area (Å²) >= 11 is 0. The molecular weight excluding hydrogens is 230 g/mol. The van der Waals surface area contributed by atoms with Gasteiger partial charge in [-0.2, -0.15) is 0 Å². The predicted octanol–water partition coefficient (Wildman–Crippen LogP) is 2.30. The number of aryl methyl sites for hydroxylation is 1. The molecule has 1 rings (SSSR count). The molecule has 100 valence electrons. The average molecular weight is 251 g/mol. The summed E-state index contributed by atoms with van der Waals surface area (Å²) in [6, 6.07) is 1.50. The zero-order chi connectivity index (χ0) is 13.9. The number of hydrogen-bond donors (Lipinski definition) is 0. The molecule has 0 saturated carbocycles. The second-order valence-corrected chi connectivity index (χ2v) is 4.85. The summed E-state index contributed by atoms with van der Waals surface area (Å²) in [5, 5.41) is 0. The number of ether oxygens (including phenoxy) is 1. The maximum atomic E-state index is 11.9. The molecule has 0 aliphatic rings. The van der Waals surface area contributed by atoms with Gasteiger partial charge in [-0.3, -0.25) is 4.79 Å². The van der Waals surface area contributed by atoms with Crippen LogP contribution in [0, 0.1) is 19.8 Å². The Morgan fingerprint density at radius 3 is 2.50 bits per heavy atom. The van der Waals surface area contributed by atoms with E-state index in [0.29, 0.717) is 35.9 Å². The van der Waals surface area contributed by atoms with Gasteiger partial charge in [-0.25, -0.2) is 4.79 Å². The standard InChI is InChI=1S/C14H21NO3/c1-6-18-14(17)13-10(4)7-12(16)15(11(13)5)8-9(2)3/h7,9H,6,8H2,1-5H3. The van der Waals surface area contributed by atoms with Crippen LogP contribution < -0.4 is 5.56 Å². The topological polar surface area (TPSA) is 48.3 Å². The summed E-state index contributed by atoms with van der Waals surface area (Å²) in [6.07, 6.45) is 0. The number of hydrogen-bond acceptors (Lipinski definition) is 3. The van der Waals surface area contributed by atoms with Gasteiger partial charge >= 0.3 is 5.97 Å². The molecule has 0 radical (unpaired) electrons. The van der Waals surface area contributed by atoms with Crippen molar-refractivity contribution >= 4 is 5.97 Å². The molecule has 0 spiro atoms. The van der Waals surface area contributed by atoms with Crippen LogP contribution >= 0.6 is 0 Å². The molecule has 1 heterocycles. The highest BCUT2D eigenvalue weighted by Crippen LogP contribution is 2.14. The van der Waals surface area contributed by atoms with Crippen molar-refractivity contribution in [2.24, 2.45) is 5.92 Å². The summed E-state index contributed by atoms with van der Waals surface area (Å²) in [4.78, 5) is 23.8. The second kappa shape index (κ2) is 5.85. The van der Waals surface area contributed by atoms with Crippen LogP contribution in [0.3, 0.4) is 0 Å². The largest absolute Gasteiger partial charge is 0.462 e. The van der Waals surface area contributed by atoms with Gasteiger partial charge in [0, 0.05) is 18.3 Å². The van der Waals surface area contributed by atoms with Crippen molar-refractivity contribution in [2.75, 3.05) is 6.61 Å². The molecule has 1 aromatic rings. The molecule has 4 nitrogen and oxygen atoms in total. The Hall–Kier alpha value is -1.58. The minimum atomic E-state index is -0.356. The highest BCUT2D eigenvalue weighted by molar-refractivity contribution is 5.92. The van der Waals surface area contributed by atoms with Crippen LogP contribution in [0.5, 0.6) is 0 Å². The molecule has 0 N–H and O–H groups in total. The quantitative estimate of drug-likeness (QED) is 0.771. The van der Waals surface area contributed by atoms with Crippen molar-refractivity contribution in [3.63, 3.8) is 0 Å². The Kier molecular flexibility index (Phi) is 4.70. The van der Waals surface area contributed by atoms with Crippen LogP contribution in [0.1, 0.15) is 42.4 Å². The van der Waals surface area contributed by atoms with E-state index >= 15 is 0 Å². The van der Waals surface area contributed by atoms with E-state index in [2.05, 4.69) is 0 Å². The molecule has 18 heavy (non-hydrogen) atoms. The molecular formula is C14H21NO3. The summed E-state index contributed by atoms with van der Waals surface area (Å²) in [5.74, 6) is -0.0100. The van der Waals surface area contributed by atoms with Crippen molar-refractivity contribution in [3.8, 4) is 0 Å². The number of carbonyl (C=O) groups is 1. The molecule has 0 aromatic carbocycles. The molecule has 1 aromatic heterocycles. The van der Waals surface area contributed by atoms with E-state index < -0.39 is 0 Å². The number of nitrogens with zero attached hydrogens (tertiary/aromatic N) is 1. The first-order valence-corrected chi connectivity index (χ1v) is 6.26. The fourth-order valence-corrected chi connectivity index (χ4v) is 2.02. The van der Waals surface area contributed by atoms with Gasteiger partial charge in [-0.1, -0.05) is 13.8 Å². The fraction of sp³-hybridized carbons (Fsp3) is 0.571. The van der Waals surface area contributed by atoms with Crippen molar-refractivity contribution in [1.29, 1.82) is 0 Å². The van der Waals surface area contributed by atoms with Gasteiger partial charge in [0.25, 0.3) is 5.56 Å². The summed E-state index contributed by atoms with van der Waals surface area (Å²) in [7, 11) is 0. The first-order chi connectivity index (χ1) is 8.38. The first-order valence-electron chi connectivity index (χ1n) is 6.26. The van der Waals surface area contributed by atoms with Gasteiger partial charge in [0.05, 0.1) is 12.2 Å². The Labute approximate surface area is 108 Å². The van der Waals surface area contributed by atoms with Crippen molar-refractivity contribution in [1.82, 2.24) is 4.57 Å². The van der Waals surface area contributed by atoms with Crippen molar-refractivity contribution in [3.05, 3.63) is 33.2 Å². The van der Waals surface area contributed by atoms with E-state index in [1.165, 1.54) is 6.07 Å². The van der Waals surface area contributed by atoms with E-state index in [1.807, 2.05) is 13.8 Å². The molecule has 0 aliphatic carbocycles. The predicted molar refractivity (Wildman–Crippen MR) is 71.0 cm³/mol. The van der Waals surface area contributed by atoms with Crippen LogP contribution in [0.2, 0.25) is 0 Å². The number of rotatable bonds is 4. The van der Waals surface area contributed by atoms with E-state index in [4.69, 9.17) is 4.74 Å². The monoisotopic (exact) mass is 251 g/mol. The van der Waals surface area contributed by atoms with Crippen LogP contribution in [-0.4, -0.2) is 17.1 Å². The molecule has 0 saturated heterocycles. The number of pyridine rings is 1. The van der Waals surface area contributed by atoms with Crippen molar-refractivity contribution < 1.29 is 9.53 Å². The Bertz CT molecular complexity index is 500. The minimum absolute atomic E-state index is 0.0632. The molecule has 0 atom stereocenters. The zero-order valence-corrected chi connectivity index (χ0v) is 11.7. The lowest BCUT2D eigenvalue weighted by atomic mass is 10.1. The van der Waals surface area contributed by atoms with Crippen molar-refractivity contribution in [2.45, 2.75) is 41.2 Å². The zero-order valence-electron chi connectivity index (χ0n) is 11.7. The fourth-order valence-electron chi connectivity index (χ4n) is 2.02. The third-order valence-electron chi connectivity index (χ3n) is 2.79. The highest BCUT2D eigenvalue weighted by atomic mass is 16.5. The molecule has 0 bridgehead atoms. The number of aromatic nitrogens is 1. The number of carbonyl (C=O) groups excluding carboxylic acids is 1. The molecule has 0 aliphatic heterocycles. The molecule has 0 amide bonds. The smallest absolute Gasteiger partial charge is 0.340 e. The van der Waals surface area contributed by atoms with Gasteiger partial charge in [0.2, 0.25) is 0 Å². The maximum Gasteiger partial charge on any atom is 0.340 e. The Morgan fingerprint density at radius 2 is 2.00 bits per heavy atom. The third-order valence-corrected chi connectivity index (χ3v) is 2.79. The second-order valence-electron chi connectivity index (χ2n) is 4.85. The van der Waals surface area contributed by atoms with E-state index in [0.717, 1.165) is 0 Å². The van der Waals surface area contributed by atoms with Gasteiger partial charge < -0.3 is 9.30 Å². The normalized spacial score (nSPS) is 10.8. The van der Waals surface area contributed by atoms with Gasteiger partial charge in [-0.05, 0) is 32.3 Å². The first kappa shape index (κ1) is 14.5. The average Bonchev–Trinajstić information content (AvgIpc) is 2.24. The number of esters is 1. The van der Waals surface area contributed by atoms with Gasteiger partial charge in [-0.15, -0.1) is 0 Å². The summed E-state index contributed by atoms with van der Waals surface area (Å²) < 4.78 is 6.68. The van der Waals surface area contributed by atoms with E-state index in [1.54, 1.807) is 25.3 Å². The summed E-state index contributed by atoms with van der Waals surface area (Å²) in [6.45, 7) is 10.3. The van der Waals surface area contributed by atoms with E-state index in [9.17, 15) is 9.59 Å². The molecule has 0 unspecified atom stereocenters. The minimum Gasteiger partial charge on any atom is -0.462 e. The van der Waals surface area contributed by atoms with Gasteiger partial charge in [0.15, 0.2) is 0 Å². The lowest BCUT2D eigenvalue weighted by Gasteiger charge is -2.16. The van der Waals surface area contributed by atoms with Crippen LogP contribution in [0.25, 0.3) is 0 Å². The third kappa shape index (κ3) is 3.00. The van der Waals surface area contributed by atoms with Crippen LogP contribution in [0.15, 0.2) is 10.9 Å². The summed E-state index contributed by atoms with van der Waals surface area (Å²) in [5.41, 5.74) is 1.81. The molecule has 0 fully saturated rings. The Balaban J connectivity index is 3.35. The van der Waals surface area contributed by atoms with Crippen LogP contribution in [-0.2, 0) is 11.3 Å². The van der Waals surface area contributed by atoms with E-state index in [-0.39, 0.29) is 11.5 Å². The maximum absolute atomic E-state index is 11.9. The lowest BCUT2D eigenvalue weighted by Crippen LogP contribution is -2.27. The van der Waals surface area contributed by atoms with Gasteiger partial charge in [0.1, 0.15) is 0 Å².